The molecular formula is C39H30Cl2FN3O6. The average Bonchev–Trinajstić information content (AvgIpc) is 3.51. The molecule has 0 unspecified atom stereocenters. The van der Waals surface area contributed by atoms with Gasteiger partial charge in [-0.3, -0.25) is 29.5 Å². The second-order valence-electron chi connectivity index (χ2n) is 13.3. The number of hydrogen-bond donors (Lipinski definition) is 2. The Hall–Kier alpha value is -5.19. The maximum absolute atomic E-state index is 15.3. The Kier molecular flexibility index (Phi) is 7.92. The third-order valence-electron chi connectivity index (χ3n) is 10.9. The molecule has 4 amide bonds. The van der Waals surface area contributed by atoms with Gasteiger partial charge in [-0.15, -0.1) is 0 Å². The number of amides is 4. The summed E-state index contributed by atoms with van der Waals surface area (Å²) in [6.45, 7) is 0. The van der Waals surface area contributed by atoms with Crippen molar-refractivity contribution in [3.8, 4) is 11.5 Å². The minimum Gasteiger partial charge on any atom is -0.505 e. The van der Waals surface area contributed by atoms with Gasteiger partial charge in [-0.25, -0.2) is 4.39 Å². The Morgan fingerprint density at radius 2 is 1.63 bits per heavy atom. The molecule has 8 rings (SSSR count). The number of benzene rings is 4. The summed E-state index contributed by atoms with van der Waals surface area (Å²) in [7, 11) is 1.51. The quantitative estimate of drug-likeness (QED) is 0.162. The summed E-state index contributed by atoms with van der Waals surface area (Å²) >= 11 is 12.6. The maximum atomic E-state index is 15.3. The Morgan fingerprint density at radius 1 is 0.882 bits per heavy atom. The van der Waals surface area contributed by atoms with E-state index in [-0.39, 0.29) is 35.4 Å². The summed E-state index contributed by atoms with van der Waals surface area (Å²) in [6.07, 6.45) is 2.14. The van der Waals surface area contributed by atoms with E-state index in [0.29, 0.717) is 33.2 Å². The molecule has 4 aromatic carbocycles. The molecule has 3 fully saturated rings. The van der Waals surface area contributed by atoms with Crippen LogP contribution in [0.1, 0.15) is 29.9 Å². The zero-order valence-corrected chi connectivity index (χ0v) is 28.6. The second-order valence-corrected chi connectivity index (χ2v) is 14.1. The lowest BCUT2D eigenvalue weighted by molar-refractivity contribution is -0.138. The van der Waals surface area contributed by atoms with Gasteiger partial charge in [0.05, 0.1) is 46.7 Å². The largest absolute Gasteiger partial charge is 0.505 e. The first-order valence-electron chi connectivity index (χ1n) is 16.4. The third-order valence-corrected chi connectivity index (χ3v) is 11.4. The van der Waals surface area contributed by atoms with Gasteiger partial charge in [-0.1, -0.05) is 71.2 Å². The van der Waals surface area contributed by atoms with E-state index in [1.807, 2.05) is 6.08 Å². The monoisotopic (exact) mass is 725 g/mol. The number of phenolic OH excluding ortho intramolecular Hbond substituents is 1. The van der Waals surface area contributed by atoms with Crippen LogP contribution in [0.5, 0.6) is 11.5 Å². The lowest BCUT2D eigenvalue weighted by Gasteiger charge is -2.50. The molecule has 9 nitrogen and oxygen atoms in total. The molecule has 2 aliphatic heterocycles. The highest BCUT2D eigenvalue weighted by Gasteiger charge is 2.70. The number of allylic oxidation sites excluding steroid dienone is 2. The first kappa shape index (κ1) is 33.0. The average molecular weight is 727 g/mol. The predicted octanol–water partition coefficient (Wildman–Crippen LogP) is 7.04. The topological polar surface area (TPSA) is 116 Å². The molecule has 4 aliphatic rings. The molecule has 0 radical (unpaired) electrons. The smallest absolute Gasteiger partial charge is 0.260 e. The third kappa shape index (κ3) is 4.87. The Labute approximate surface area is 302 Å². The molecule has 2 N–H and O–H groups in total. The van der Waals surface area contributed by atoms with Gasteiger partial charge in [-0.05, 0) is 84.5 Å². The van der Waals surface area contributed by atoms with Crippen LogP contribution in [0.15, 0.2) is 103 Å². The lowest BCUT2D eigenvalue weighted by atomic mass is 9.49. The summed E-state index contributed by atoms with van der Waals surface area (Å²) in [5, 5.41) is 11.7. The number of carbonyl (C=O) groups excluding carboxylic acids is 4. The van der Waals surface area contributed by atoms with Crippen molar-refractivity contribution in [2.45, 2.75) is 24.2 Å². The molecule has 4 aromatic rings. The summed E-state index contributed by atoms with van der Waals surface area (Å²) in [4.78, 5) is 59.5. The van der Waals surface area contributed by atoms with Crippen molar-refractivity contribution in [3.05, 3.63) is 130 Å². The minimum absolute atomic E-state index is 0.0504. The number of hydrazine groups is 1. The van der Waals surface area contributed by atoms with E-state index < -0.39 is 58.4 Å². The molecule has 258 valence electrons. The van der Waals surface area contributed by atoms with E-state index in [9.17, 15) is 19.5 Å². The highest BCUT2D eigenvalue weighted by molar-refractivity contribution is 6.36. The molecule has 1 saturated carbocycles. The second kappa shape index (κ2) is 12.2. The highest BCUT2D eigenvalue weighted by Crippen LogP contribution is 2.64. The Bertz CT molecular complexity index is 2160. The van der Waals surface area contributed by atoms with Crippen molar-refractivity contribution in [2.24, 2.45) is 23.7 Å². The molecule has 6 atom stereocenters. The van der Waals surface area contributed by atoms with Crippen molar-refractivity contribution in [2.75, 3.05) is 17.4 Å². The molecule has 0 spiro atoms. The number of fused-ring (bicyclic) bond motifs is 4. The number of halogens is 3. The maximum Gasteiger partial charge on any atom is 0.260 e. The number of nitrogens with one attached hydrogen (secondary N) is 1. The van der Waals surface area contributed by atoms with E-state index in [2.05, 4.69) is 5.43 Å². The van der Waals surface area contributed by atoms with Crippen molar-refractivity contribution in [3.63, 3.8) is 0 Å². The fourth-order valence-electron chi connectivity index (χ4n) is 8.75. The molecule has 2 saturated heterocycles. The van der Waals surface area contributed by atoms with Gasteiger partial charge in [-0.2, -0.15) is 5.01 Å². The van der Waals surface area contributed by atoms with Gasteiger partial charge in [0, 0.05) is 10.9 Å². The zero-order valence-electron chi connectivity index (χ0n) is 27.1. The Balaban J connectivity index is 1.34. The van der Waals surface area contributed by atoms with Crippen LogP contribution in [0, 0.1) is 29.5 Å². The predicted molar refractivity (Wildman–Crippen MR) is 188 cm³/mol. The fraction of sp³-hybridized carbons (Fsp3) is 0.231. The number of nitrogens with zero attached hydrogens (tertiary/aromatic N) is 2. The van der Waals surface area contributed by atoms with Gasteiger partial charge in [0.15, 0.2) is 11.6 Å². The number of rotatable bonds is 6. The van der Waals surface area contributed by atoms with E-state index in [0.717, 1.165) is 5.01 Å². The van der Waals surface area contributed by atoms with Crippen molar-refractivity contribution in [1.29, 1.82) is 0 Å². The first-order chi connectivity index (χ1) is 24.6. The molecule has 0 aromatic heterocycles. The number of ether oxygens (including phenoxy) is 1. The van der Waals surface area contributed by atoms with Crippen LogP contribution in [-0.2, 0) is 24.6 Å². The number of para-hydroxylation sites is 1. The normalized spacial score (nSPS) is 26.8. The number of anilines is 2. The van der Waals surface area contributed by atoms with E-state index >= 15 is 9.18 Å². The van der Waals surface area contributed by atoms with Gasteiger partial charge < -0.3 is 9.84 Å². The number of methoxy groups -OCH3 is 1. The summed E-state index contributed by atoms with van der Waals surface area (Å²) in [5.41, 5.74) is 3.43. The van der Waals surface area contributed by atoms with Gasteiger partial charge in [0.2, 0.25) is 11.8 Å². The fourth-order valence-corrected chi connectivity index (χ4v) is 9.20. The first-order valence-corrected chi connectivity index (χ1v) is 17.2. The number of aromatic hydroxyl groups is 1. The van der Waals surface area contributed by atoms with Crippen LogP contribution < -0.4 is 15.1 Å². The number of carbonyl (C=O) groups is 4. The lowest BCUT2D eigenvalue weighted by Crippen LogP contribution is -2.53. The standard InChI is InChI=1S/C39H30Cl2FN3O6/c1-51-24-11-8-21(9-12-24)39-28(36(48)45(38(39)50)43-31-15-10-22(40)18-29(31)41)19-27-25(34(39)20-7-16-32(46)30(42)17-20)13-14-26-33(27)37(49)44(35(26)47)23-5-3-2-4-6-23/h2-13,15-18,26-28,33-34,43,46H,14,19H2,1H3/t26-,27+,28-,33-,34-,39+/m0/s1. The molecular weight excluding hydrogens is 696 g/mol. The van der Waals surface area contributed by atoms with Crippen LogP contribution in [0.4, 0.5) is 15.8 Å². The van der Waals surface area contributed by atoms with E-state index in [4.69, 9.17) is 27.9 Å². The van der Waals surface area contributed by atoms with Crippen LogP contribution in [0.2, 0.25) is 10.0 Å². The molecule has 51 heavy (non-hydrogen) atoms. The molecule has 2 heterocycles. The Morgan fingerprint density at radius 3 is 2.31 bits per heavy atom. The van der Waals surface area contributed by atoms with Gasteiger partial charge in [0.25, 0.3) is 11.8 Å². The molecule has 12 heteroatoms. The minimum atomic E-state index is -1.65. The van der Waals surface area contributed by atoms with Crippen LogP contribution in [0.3, 0.4) is 0 Å². The van der Waals surface area contributed by atoms with Crippen molar-refractivity contribution in [1.82, 2.24) is 5.01 Å². The van der Waals surface area contributed by atoms with Crippen LogP contribution in [-0.4, -0.2) is 40.9 Å². The molecule has 2 aliphatic carbocycles. The zero-order chi connectivity index (χ0) is 35.8. The SMILES string of the molecule is COc1ccc([C@@]23C(=O)N(Nc4ccc(Cl)cc4Cl)C(=O)[C@@H]2C[C@@H]2C(=CC[C@@H]4C(=O)N(c5ccccc5)C(=O)[C@@H]42)[C@@H]3c2ccc(O)c(F)c2)cc1. The summed E-state index contributed by atoms with van der Waals surface area (Å²) in [6, 6.07) is 24.0. The van der Waals surface area contributed by atoms with Crippen LogP contribution >= 0.6 is 23.2 Å². The van der Waals surface area contributed by atoms with Crippen LogP contribution in [0.25, 0.3) is 0 Å². The van der Waals surface area contributed by atoms with Gasteiger partial charge >= 0.3 is 0 Å². The highest BCUT2D eigenvalue weighted by atomic mass is 35.5. The summed E-state index contributed by atoms with van der Waals surface area (Å²) in [5.74, 6) is -7.12. The number of phenols is 1. The van der Waals surface area contributed by atoms with E-state index in [1.165, 1.54) is 36.3 Å². The molecule has 0 bridgehead atoms. The van der Waals surface area contributed by atoms with Gasteiger partial charge in [0.1, 0.15) is 5.75 Å². The number of hydrogen-bond acceptors (Lipinski definition) is 7. The van der Waals surface area contributed by atoms with E-state index in [1.54, 1.807) is 66.7 Å². The summed E-state index contributed by atoms with van der Waals surface area (Å²) < 4.78 is 20.7. The van der Waals surface area contributed by atoms with Crippen molar-refractivity contribution < 1.29 is 33.4 Å². The van der Waals surface area contributed by atoms with Crippen molar-refractivity contribution >= 4 is 58.2 Å². The number of imide groups is 2.